The first kappa shape index (κ1) is 17.4. The molecule has 0 saturated carbocycles. The predicted molar refractivity (Wildman–Crippen MR) is 86.5 cm³/mol. The Balaban J connectivity index is 1.38. The van der Waals surface area contributed by atoms with E-state index in [0.29, 0.717) is 42.6 Å². The summed E-state index contributed by atoms with van der Waals surface area (Å²) in [4.78, 5) is 14.4. The number of aromatic nitrogens is 4. The minimum Gasteiger partial charge on any atom is -0.405 e. The van der Waals surface area contributed by atoms with Gasteiger partial charge in [-0.1, -0.05) is 23.4 Å². The van der Waals surface area contributed by atoms with Gasteiger partial charge in [-0.3, -0.25) is 9.88 Å². The SMILES string of the molecule is FC(F)(F)Oc1ccccc1CN1CC(c2nc(-c3cnccn3)no2)C1. The van der Waals surface area contributed by atoms with Gasteiger partial charge in [0.05, 0.1) is 12.1 Å². The maximum absolute atomic E-state index is 12.5. The van der Waals surface area contributed by atoms with Crippen LogP contribution in [0.15, 0.2) is 47.4 Å². The number of nitrogens with zero attached hydrogens (tertiary/aromatic N) is 5. The van der Waals surface area contributed by atoms with E-state index in [1.54, 1.807) is 24.5 Å². The maximum Gasteiger partial charge on any atom is 0.573 e. The van der Waals surface area contributed by atoms with Crippen molar-refractivity contribution in [3.8, 4) is 17.3 Å². The van der Waals surface area contributed by atoms with E-state index < -0.39 is 6.36 Å². The van der Waals surface area contributed by atoms with Gasteiger partial charge in [0.1, 0.15) is 11.4 Å². The van der Waals surface area contributed by atoms with Gasteiger partial charge in [-0.25, -0.2) is 4.98 Å². The minimum atomic E-state index is -4.71. The zero-order valence-electron chi connectivity index (χ0n) is 13.9. The summed E-state index contributed by atoms with van der Waals surface area (Å²) in [5.74, 6) is 0.682. The van der Waals surface area contributed by atoms with Gasteiger partial charge in [0, 0.05) is 37.6 Å². The van der Waals surface area contributed by atoms with E-state index >= 15 is 0 Å². The lowest BCUT2D eigenvalue weighted by atomic mass is 9.99. The Morgan fingerprint density at radius 3 is 2.74 bits per heavy atom. The zero-order chi connectivity index (χ0) is 18.9. The molecule has 1 aliphatic rings. The molecule has 0 amide bonds. The van der Waals surface area contributed by atoms with Crippen LogP contribution in [0.4, 0.5) is 13.2 Å². The first-order valence-corrected chi connectivity index (χ1v) is 8.14. The fraction of sp³-hybridized carbons (Fsp3) is 0.294. The molecule has 0 unspecified atom stereocenters. The number of halogens is 3. The Bertz CT molecular complexity index is 910. The van der Waals surface area contributed by atoms with Crippen molar-refractivity contribution in [2.24, 2.45) is 0 Å². The highest BCUT2D eigenvalue weighted by atomic mass is 19.4. The third-order valence-corrected chi connectivity index (χ3v) is 4.13. The summed E-state index contributed by atoms with van der Waals surface area (Å²) in [5, 5.41) is 3.90. The molecule has 0 aliphatic carbocycles. The van der Waals surface area contributed by atoms with Crippen molar-refractivity contribution in [3.05, 3.63) is 54.3 Å². The van der Waals surface area contributed by atoms with E-state index in [0.717, 1.165) is 0 Å². The molecule has 27 heavy (non-hydrogen) atoms. The van der Waals surface area contributed by atoms with Crippen molar-refractivity contribution in [1.82, 2.24) is 25.0 Å². The number of hydrogen-bond acceptors (Lipinski definition) is 7. The van der Waals surface area contributed by atoms with Crippen molar-refractivity contribution in [3.63, 3.8) is 0 Å². The summed E-state index contributed by atoms with van der Waals surface area (Å²) in [6.07, 6.45) is -0.0844. The molecule has 1 fully saturated rings. The van der Waals surface area contributed by atoms with Gasteiger partial charge in [-0.05, 0) is 6.07 Å². The van der Waals surface area contributed by atoms with E-state index in [1.807, 2.05) is 4.90 Å². The van der Waals surface area contributed by atoms with Gasteiger partial charge in [0.15, 0.2) is 0 Å². The molecule has 7 nitrogen and oxygen atoms in total. The normalized spacial score (nSPS) is 15.5. The first-order chi connectivity index (χ1) is 13.0. The van der Waals surface area contributed by atoms with Crippen LogP contribution < -0.4 is 4.74 Å². The smallest absolute Gasteiger partial charge is 0.405 e. The van der Waals surface area contributed by atoms with Gasteiger partial charge in [0.25, 0.3) is 0 Å². The van der Waals surface area contributed by atoms with Crippen LogP contribution in [0.1, 0.15) is 17.4 Å². The van der Waals surface area contributed by atoms with E-state index in [9.17, 15) is 13.2 Å². The second kappa shape index (κ2) is 6.95. The van der Waals surface area contributed by atoms with Crippen LogP contribution in [0.2, 0.25) is 0 Å². The van der Waals surface area contributed by atoms with Crippen LogP contribution in [-0.2, 0) is 6.54 Å². The molecular formula is C17H14F3N5O2. The lowest BCUT2D eigenvalue weighted by Crippen LogP contribution is -2.44. The van der Waals surface area contributed by atoms with Crippen molar-refractivity contribution in [1.29, 1.82) is 0 Å². The van der Waals surface area contributed by atoms with E-state index in [4.69, 9.17) is 4.52 Å². The van der Waals surface area contributed by atoms with Crippen LogP contribution >= 0.6 is 0 Å². The molecule has 0 N–H and O–H groups in total. The molecular weight excluding hydrogens is 363 g/mol. The number of hydrogen-bond donors (Lipinski definition) is 0. The molecule has 0 radical (unpaired) electrons. The van der Waals surface area contributed by atoms with Crippen LogP contribution in [0.25, 0.3) is 11.5 Å². The number of rotatable bonds is 5. The maximum atomic E-state index is 12.5. The van der Waals surface area contributed by atoms with Crippen molar-refractivity contribution < 1.29 is 22.4 Å². The molecule has 0 atom stereocenters. The van der Waals surface area contributed by atoms with Crippen LogP contribution in [-0.4, -0.2) is 44.5 Å². The Hall–Kier alpha value is -3.01. The van der Waals surface area contributed by atoms with Crippen molar-refractivity contribution >= 4 is 0 Å². The standard InChI is InChI=1S/C17H14F3N5O2/c18-17(19,20)26-14-4-2-1-3-11(14)8-25-9-12(10-25)16-23-15(24-27-16)13-7-21-5-6-22-13/h1-7,12H,8-10H2. The number of alkyl halides is 3. The number of ether oxygens (including phenoxy) is 1. The highest BCUT2D eigenvalue weighted by molar-refractivity contribution is 5.45. The monoisotopic (exact) mass is 377 g/mol. The second-order valence-electron chi connectivity index (χ2n) is 6.09. The lowest BCUT2D eigenvalue weighted by molar-refractivity contribution is -0.275. The third kappa shape index (κ3) is 4.05. The number of likely N-dealkylation sites (tertiary alicyclic amines) is 1. The summed E-state index contributed by atoms with van der Waals surface area (Å²) < 4.78 is 46.9. The summed E-state index contributed by atoms with van der Waals surface area (Å²) in [5.41, 5.74) is 0.987. The lowest BCUT2D eigenvalue weighted by Gasteiger charge is -2.37. The predicted octanol–water partition coefficient (Wildman–Crippen LogP) is 3.02. The van der Waals surface area contributed by atoms with Gasteiger partial charge < -0.3 is 9.26 Å². The molecule has 10 heteroatoms. The van der Waals surface area contributed by atoms with E-state index in [2.05, 4.69) is 24.8 Å². The van der Waals surface area contributed by atoms with Crippen LogP contribution in [0.3, 0.4) is 0 Å². The minimum absolute atomic E-state index is 0.0265. The van der Waals surface area contributed by atoms with Gasteiger partial charge in [-0.2, -0.15) is 4.98 Å². The topological polar surface area (TPSA) is 77.2 Å². The second-order valence-corrected chi connectivity index (χ2v) is 6.09. The average Bonchev–Trinajstić information content (AvgIpc) is 3.08. The summed E-state index contributed by atoms with van der Waals surface area (Å²) in [6, 6.07) is 6.12. The van der Waals surface area contributed by atoms with Crippen molar-refractivity contribution in [2.45, 2.75) is 18.8 Å². The molecule has 4 rings (SSSR count). The molecule has 2 aromatic heterocycles. The van der Waals surface area contributed by atoms with Gasteiger partial charge in [-0.15, -0.1) is 13.2 Å². The number of benzene rings is 1. The zero-order valence-corrected chi connectivity index (χ0v) is 13.9. The average molecular weight is 377 g/mol. The molecule has 3 aromatic rings. The first-order valence-electron chi connectivity index (χ1n) is 8.14. The largest absolute Gasteiger partial charge is 0.573 e. The summed E-state index contributed by atoms with van der Waals surface area (Å²) >= 11 is 0. The van der Waals surface area contributed by atoms with Crippen LogP contribution in [0.5, 0.6) is 5.75 Å². The van der Waals surface area contributed by atoms with E-state index in [-0.39, 0.29) is 11.7 Å². The molecule has 3 heterocycles. The highest BCUT2D eigenvalue weighted by Crippen LogP contribution is 2.32. The van der Waals surface area contributed by atoms with Gasteiger partial charge >= 0.3 is 6.36 Å². The van der Waals surface area contributed by atoms with E-state index in [1.165, 1.54) is 18.3 Å². The Labute approximate surface area is 151 Å². The quantitative estimate of drug-likeness (QED) is 0.676. The summed E-state index contributed by atoms with van der Waals surface area (Å²) in [7, 11) is 0. The Morgan fingerprint density at radius 1 is 1.19 bits per heavy atom. The highest BCUT2D eigenvalue weighted by Gasteiger charge is 2.35. The molecule has 140 valence electrons. The van der Waals surface area contributed by atoms with Crippen LogP contribution in [0, 0.1) is 0 Å². The number of para-hydroxylation sites is 1. The molecule has 0 bridgehead atoms. The Morgan fingerprint density at radius 2 is 2.00 bits per heavy atom. The Kier molecular flexibility index (Phi) is 4.48. The molecule has 0 spiro atoms. The molecule has 1 saturated heterocycles. The van der Waals surface area contributed by atoms with Gasteiger partial charge in [0.2, 0.25) is 11.7 Å². The molecule has 1 aliphatic heterocycles. The summed E-state index contributed by atoms with van der Waals surface area (Å²) in [6.45, 7) is 1.54. The fourth-order valence-corrected chi connectivity index (χ4v) is 2.87. The fourth-order valence-electron chi connectivity index (χ4n) is 2.87. The molecule has 1 aromatic carbocycles. The third-order valence-electron chi connectivity index (χ3n) is 4.13. The van der Waals surface area contributed by atoms with Crippen molar-refractivity contribution in [2.75, 3.05) is 13.1 Å².